The van der Waals surface area contributed by atoms with Gasteiger partial charge in [0.2, 0.25) is 0 Å². The first-order chi connectivity index (χ1) is 13.9. The summed E-state index contributed by atoms with van der Waals surface area (Å²) < 4.78 is 1.78. The Morgan fingerprint density at radius 2 is 2.10 bits per heavy atom. The number of nitrogens with zero attached hydrogens (tertiary/aromatic N) is 4. The molecule has 150 valence electrons. The molecule has 3 aromatic rings. The molecule has 4 rings (SSSR count). The molecule has 0 saturated heterocycles. The highest BCUT2D eigenvalue weighted by molar-refractivity contribution is 7.13. The molecule has 2 aromatic heterocycles. The Labute approximate surface area is 178 Å². The first-order valence-corrected chi connectivity index (χ1v) is 10.6. The Hall–Kier alpha value is -2.64. The van der Waals surface area contributed by atoms with E-state index in [1.165, 1.54) is 11.1 Å². The van der Waals surface area contributed by atoms with Gasteiger partial charge in [0.1, 0.15) is 0 Å². The second-order valence-corrected chi connectivity index (χ2v) is 8.51. The van der Waals surface area contributed by atoms with Gasteiger partial charge in [-0.2, -0.15) is 5.10 Å². The number of benzene rings is 1. The van der Waals surface area contributed by atoms with Gasteiger partial charge in [0.25, 0.3) is 5.91 Å². The number of aromatic nitrogens is 3. The SMILES string of the molecule is CC1=C(c2cc(C(=O)Nc3cc(Cl)ccc3C)nn2C)CN(c2nccs2)CC1. The van der Waals surface area contributed by atoms with Crippen LogP contribution in [0.15, 0.2) is 41.4 Å². The zero-order valence-electron chi connectivity index (χ0n) is 16.6. The van der Waals surface area contributed by atoms with Crippen LogP contribution in [0.3, 0.4) is 0 Å². The summed E-state index contributed by atoms with van der Waals surface area (Å²) in [6.45, 7) is 5.78. The summed E-state index contributed by atoms with van der Waals surface area (Å²) >= 11 is 7.70. The highest BCUT2D eigenvalue weighted by Crippen LogP contribution is 2.31. The molecule has 8 heteroatoms. The molecule has 1 N–H and O–H groups in total. The van der Waals surface area contributed by atoms with Crippen molar-refractivity contribution in [1.82, 2.24) is 14.8 Å². The molecule has 0 atom stereocenters. The second-order valence-electron chi connectivity index (χ2n) is 7.20. The number of anilines is 2. The molecule has 0 fully saturated rings. The molecule has 1 aromatic carbocycles. The number of amides is 1. The highest BCUT2D eigenvalue weighted by Gasteiger charge is 2.23. The fraction of sp³-hybridized carbons (Fsp3) is 0.286. The smallest absolute Gasteiger partial charge is 0.276 e. The van der Waals surface area contributed by atoms with Gasteiger partial charge in [0.15, 0.2) is 10.8 Å². The third kappa shape index (κ3) is 4.06. The number of hydrogen-bond acceptors (Lipinski definition) is 5. The summed E-state index contributed by atoms with van der Waals surface area (Å²) in [5, 5.41) is 11.0. The molecule has 0 radical (unpaired) electrons. The monoisotopic (exact) mass is 427 g/mol. The van der Waals surface area contributed by atoms with Crippen LogP contribution in [-0.4, -0.2) is 33.8 Å². The molecular weight excluding hydrogens is 406 g/mol. The molecule has 0 bridgehead atoms. The van der Waals surface area contributed by atoms with E-state index in [4.69, 9.17) is 11.6 Å². The lowest BCUT2D eigenvalue weighted by Crippen LogP contribution is -2.31. The van der Waals surface area contributed by atoms with E-state index in [-0.39, 0.29) is 5.91 Å². The van der Waals surface area contributed by atoms with Crippen molar-refractivity contribution in [3.05, 3.63) is 63.4 Å². The van der Waals surface area contributed by atoms with Gasteiger partial charge in [0, 0.05) is 42.4 Å². The van der Waals surface area contributed by atoms with Crippen LogP contribution in [0.1, 0.15) is 35.1 Å². The van der Waals surface area contributed by atoms with E-state index in [1.54, 1.807) is 28.2 Å². The quantitative estimate of drug-likeness (QED) is 0.651. The van der Waals surface area contributed by atoms with E-state index in [1.807, 2.05) is 37.7 Å². The second kappa shape index (κ2) is 8.00. The van der Waals surface area contributed by atoms with E-state index in [0.717, 1.165) is 35.9 Å². The molecule has 0 aliphatic carbocycles. The van der Waals surface area contributed by atoms with Crippen LogP contribution in [0.25, 0.3) is 5.57 Å². The number of rotatable bonds is 4. The molecule has 1 aliphatic heterocycles. The predicted octanol–water partition coefficient (Wildman–Crippen LogP) is 4.77. The Bertz CT molecular complexity index is 1090. The molecule has 0 spiro atoms. The largest absolute Gasteiger partial charge is 0.343 e. The Morgan fingerprint density at radius 1 is 1.28 bits per heavy atom. The summed E-state index contributed by atoms with van der Waals surface area (Å²) in [7, 11) is 1.87. The van der Waals surface area contributed by atoms with Crippen molar-refractivity contribution in [1.29, 1.82) is 0 Å². The molecule has 29 heavy (non-hydrogen) atoms. The van der Waals surface area contributed by atoms with Gasteiger partial charge < -0.3 is 10.2 Å². The number of hydrogen-bond donors (Lipinski definition) is 1. The van der Waals surface area contributed by atoms with Crippen molar-refractivity contribution in [2.75, 3.05) is 23.3 Å². The Morgan fingerprint density at radius 3 is 2.86 bits per heavy atom. The van der Waals surface area contributed by atoms with Crippen LogP contribution in [-0.2, 0) is 7.05 Å². The minimum Gasteiger partial charge on any atom is -0.343 e. The summed E-state index contributed by atoms with van der Waals surface area (Å²) in [5.74, 6) is -0.247. The zero-order valence-corrected chi connectivity index (χ0v) is 18.1. The predicted molar refractivity (Wildman–Crippen MR) is 119 cm³/mol. The van der Waals surface area contributed by atoms with E-state index in [9.17, 15) is 4.79 Å². The third-order valence-electron chi connectivity index (χ3n) is 5.18. The summed E-state index contributed by atoms with van der Waals surface area (Å²) in [6.07, 6.45) is 2.79. The van der Waals surface area contributed by atoms with Crippen LogP contribution in [0.5, 0.6) is 0 Å². The number of nitrogens with one attached hydrogen (secondary N) is 1. The van der Waals surface area contributed by atoms with Gasteiger partial charge in [0.05, 0.1) is 5.69 Å². The fourth-order valence-electron chi connectivity index (χ4n) is 3.47. The van der Waals surface area contributed by atoms with Crippen LogP contribution in [0.4, 0.5) is 10.8 Å². The van der Waals surface area contributed by atoms with Crippen LogP contribution >= 0.6 is 22.9 Å². The number of carbonyl (C=O) groups is 1. The van der Waals surface area contributed by atoms with Crippen LogP contribution in [0, 0.1) is 6.92 Å². The first-order valence-electron chi connectivity index (χ1n) is 9.37. The van der Waals surface area contributed by atoms with Crippen molar-refractivity contribution in [3.8, 4) is 0 Å². The van der Waals surface area contributed by atoms with Gasteiger partial charge >= 0.3 is 0 Å². The zero-order chi connectivity index (χ0) is 20.5. The van der Waals surface area contributed by atoms with Crippen molar-refractivity contribution >= 4 is 45.2 Å². The normalized spacial score (nSPS) is 14.4. The van der Waals surface area contributed by atoms with Gasteiger partial charge in [-0.3, -0.25) is 9.48 Å². The maximum atomic E-state index is 12.8. The van der Waals surface area contributed by atoms with Crippen molar-refractivity contribution in [3.63, 3.8) is 0 Å². The number of aryl methyl sites for hydroxylation is 2. The number of halogens is 1. The fourth-order valence-corrected chi connectivity index (χ4v) is 4.31. The molecule has 1 amide bonds. The molecule has 6 nitrogen and oxygen atoms in total. The minimum absolute atomic E-state index is 0.247. The van der Waals surface area contributed by atoms with Crippen LogP contribution in [0.2, 0.25) is 5.02 Å². The van der Waals surface area contributed by atoms with Gasteiger partial charge in [-0.05, 0) is 49.6 Å². The van der Waals surface area contributed by atoms with Crippen molar-refractivity contribution in [2.24, 2.45) is 7.05 Å². The average Bonchev–Trinajstić information content (AvgIpc) is 3.35. The third-order valence-corrected chi connectivity index (χ3v) is 6.25. The summed E-state index contributed by atoms with van der Waals surface area (Å²) in [6, 6.07) is 7.29. The Balaban J connectivity index is 1.58. The summed E-state index contributed by atoms with van der Waals surface area (Å²) in [4.78, 5) is 19.5. The summed E-state index contributed by atoms with van der Waals surface area (Å²) in [5.41, 5.74) is 5.49. The molecule has 1 aliphatic rings. The molecule has 3 heterocycles. The molecule has 0 unspecified atom stereocenters. The molecule has 0 saturated carbocycles. The standard InChI is InChI=1S/C21H22ClN5OS/c1-13-6-8-27(21-23-7-9-29-21)12-16(13)19-11-18(25-26(19)3)20(28)24-17-10-15(22)5-4-14(17)2/h4-5,7,9-11H,6,8,12H2,1-3H3,(H,24,28). The highest BCUT2D eigenvalue weighted by atomic mass is 35.5. The average molecular weight is 428 g/mol. The van der Waals surface area contributed by atoms with Gasteiger partial charge in [-0.25, -0.2) is 4.98 Å². The minimum atomic E-state index is -0.247. The van der Waals surface area contributed by atoms with Crippen LogP contribution < -0.4 is 10.2 Å². The molecular formula is C21H22ClN5OS. The number of thiazole rings is 1. The van der Waals surface area contributed by atoms with E-state index in [2.05, 4.69) is 27.2 Å². The first kappa shape index (κ1) is 19.7. The number of carbonyl (C=O) groups excluding carboxylic acids is 1. The maximum Gasteiger partial charge on any atom is 0.276 e. The van der Waals surface area contributed by atoms with E-state index < -0.39 is 0 Å². The topological polar surface area (TPSA) is 63.1 Å². The van der Waals surface area contributed by atoms with Crippen molar-refractivity contribution < 1.29 is 4.79 Å². The van der Waals surface area contributed by atoms with E-state index >= 15 is 0 Å². The maximum absolute atomic E-state index is 12.8. The van der Waals surface area contributed by atoms with Gasteiger partial charge in [-0.15, -0.1) is 11.3 Å². The van der Waals surface area contributed by atoms with E-state index in [0.29, 0.717) is 16.4 Å². The lowest BCUT2D eigenvalue weighted by molar-refractivity contribution is 0.102. The van der Waals surface area contributed by atoms with Crippen molar-refractivity contribution in [2.45, 2.75) is 20.3 Å². The Kier molecular flexibility index (Phi) is 5.43. The van der Waals surface area contributed by atoms with Gasteiger partial charge in [-0.1, -0.05) is 23.2 Å². The lowest BCUT2D eigenvalue weighted by atomic mass is 9.99. The lowest BCUT2D eigenvalue weighted by Gasteiger charge is -2.29.